The van der Waals surface area contributed by atoms with Gasteiger partial charge in [0.1, 0.15) is 27.4 Å². The molecule has 2 aromatic rings. The fourth-order valence-electron chi connectivity index (χ4n) is 2.46. The van der Waals surface area contributed by atoms with E-state index in [4.69, 9.17) is 4.74 Å². The normalized spacial score (nSPS) is 12.1. The quantitative estimate of drug-likeness (QED) is 0.696. The molecule has 0 aromatic heterocycles. The van der Waals surface area contributed by atoms with Gasteiger partial charge in [0.25, 0.3) is 5.91 Å². The summed E-state index contributed by atoms with van der Waals surface area (Å²) in [6.45, 7) is 0. The van der Waals surface area contributed by atoms with E-state index >= 15 is 0 Å². The Hall–Kier alpha value is -2.94. The third kappa shape index (κ3) is 6.34. The third-order valence-electron chi connectivity index (χ3n) is 3.84. The molecule has 28 heavy (non-hydrogen) atoms. The standard InChI is InChI=1S/C19H21FN2O5S/c1-27-17-9-4-3-8-15(17)18(23)22-16(10-11-28(2,25)26)19(24)21-14-7-5-6-13(20)12-14/h3-9,12,16H,10-11H2,1-2H3,(H,21,24)(H,22,23)/t16-/m0/s1. The lowest BCUT2D eigenvalue weighted by Crippen LogP contribution is -2.44. The summed E-state index contributed by atoms with van der Waals surface area (Å²) < 4.78 is 41.5. The molecule has 1 atom stereocenters. The molecule has 0 spiro atoms. The number of halogens is 1. The van der Waals surface area contributed by atoms with Crippen molar-refractivity contribution in [2.45, 2.75) is 12.5 Å². The molecule has 2 N–H and O–H groups in total. The number of anilines is 1. The second-order valence-electron chi connectivity index (χ2n) is 6.14. The minimum absolute atomic E-state index is 0.138. The predicted molar refractivity (Wildman–Crippen MR) is 104 cm³/mol. The predicted octanol–water partition coefficient (Wildman–Crippen LogP) is 2.01. The van der Waals surface area contributed by atoms with Crippen LogP contribution in [-0.2, 0) is 14.6 Å². The first-order valence-corrected chi connectivity index (χ1v) is 10.4. The molecule has 0 unspecified atom stereocenters. The molecular weight excluding hydrogens is 387 g/mol. The van der Waals surface area contributed by atoms with Crippen LogP contribution in [0, 0.1) is 5.82 Å². The molecule has 0 aliphatic rings. The Morgan fingerprint density at radius 1 is 1.14 bits per heavy atom. The molecule has 2 rings (SSSR count). The van der Waals surface area contributed by atoms with E-state index in [2.05, 4.69) is 10.6 Å². The van der Waals surface area contributed by atoms with E-state index in [-0.39, 0.29) is 23.4 Å². The van der Waals surface area contributed by atoms with Crippen LogP contribution in [0.5, 0.6) is 5.75 Å². The summed E-state index contributed by atoms with van der Waals surface area (Å²) in [7, 11) is -1.95. The van der Waals surface area contributed by atoms with E-state index in [1.54, 1.807) is 18.2 Å². The van der Waals surface area contributed by atoms with Gasteiger partial charge in [0.15, 0.2) is 0 Å². The molecule has 0 saturated heterocycles. The number of hydrogen-bond acceptors (Lipinski definition) is 5. The smallest absolute Gasteiger partial charge is 0.255 e. The highest BCUT2D eigenvalue weighted by atomic mass is 32.2. The number of sulfone groups is 1. The van der Waals surface area contributed by atoms with E-state index in [0.717, 1.165) is 12.3 Å². The van der Waals surface area contributed by atoms with Gasteiger partial charge < -0.3 is 15.4 Å². The molecule has 0 saturated carbocycles. The summed E-state index contributed by atoms with van der Waals surface area (Å²) in [6.07, 6.45) is 0.900. The zero-order valence-electron chi connectivity index (χ0n) is 15.4. The van der Waals surface area contributed by atoms with Crippen LogP contribution in [0.25, 0.3) is 0 Å². The van der Waals surface area contributed by atoms with E-state index in [1.807, 2.05) is 0 Å². The topological polar surface area (TPSA) is 102 Å². The van der Waals surface area contributed by atoms with Gasteiger partial charge in [-0.15, -0.1) is 0 Å². The van der Waals surface area contributed by atoms with Crippen molar-refractivity contribution in [2.75, 3.05) is 24.4 Å². The summed E-state index contributed by atoms with van der Waals surface area (Å²) in [5.74, 6) is -1.78. The van der Waals surface area contributed by atoms with E-state index < -0.39 is 33.5 Å². The highest BCUT2D eigenvalue weighted by molar-refractivity contribution is 7.90. The highest BCUT2D eigenvalue weighted by Gasteiger charge is 2.24. The second-order valence-corrected chi connectivity index (χ2v) is 8.40. The lowest BCUT2D eigenvalue weighted by molar-refractivity contribution is -0.118. The summed E-state index contributed by atoms with van der Waals surface area (Å²) in [4.78, 5) is 25.2. The number of carbonyl (C=O) groups excluding carboxylic acids is 2. The molecule has 2 amide bonds. The van der Waals surface area contributed by atoms with Crippen molar-refractivity contribution in [1.82, 2.24) is 5.32 Å². The number of para-hydroxylation sites is 1. The largest absolute Gasteiger partial charge is 0.496 e. The summed E-state index contributed by atoms with van der Waals surface area (Å²) in [5, 5.41) is 5.01. The minimum atomic E-state index is -3.36. The molecule has 2 aromatic carbocycles. The van der Waals surface area contributed by atoms with Gasteiger partial charge in [0, 0.05) is 11.9 Å². The van der Waals surface area contributed by atoms with Crippen molar-refractivity contribution in [2.24, 2.45) is 0 Å². The Labute approximate surface area is 162 Å². The van der Waals surface area contributed by atoms with E-state index in [9.17, 15) is 22.4 Å². The van der Waals surface area contributed by atoms with Crippen LogP contribution in [0.2, 0.25) is 0 Å². The van der Waals surface area contributed by atoms with E-state index in [1.165, 1.54) is 31.4 Å². The SMILES string of the molecule is COc1ccccc1C(=O)N[C@@H](CCS(C)(=O)=O)C(=O)Nc1cccc(F)c1. The third-order valence-corrected chi connectivity index (χ3v) is 4.82. The van der Waals surface area contributed by atoms with Gasteiger partial charge in [-0.2, -0.15) is 0 Å². The first-order chi connectivity index (χ1) is 13.2. The molecule has 0 heterocycles. The second kappa shape index (κ2) is 9.32. The summed E-state index contributed by atoms with van der Waals surface area (Å²) >= 11 is 0. The van der Waals surface area contributed by atoms with Gasteiger partial charge in [0.2, 0.25) is 5.91 Å². The molecular formula is C19H21FN2O5S. The van der Waals surface area contributed by atoms with Gasteiger partial charge in [-0.1, -0.05) is 18.2 Å². The Kier molecular flexibility index (Phi) is 7.11. The number of methoxy groups -OCH3 is 1. The van der Waals surface area contributed by atoms with Crippen LogP contribution in [0.4, 0.5) is 10.1 Å². The summed E-state index contributed by atoms with van der Waals surface area (Å²) in [5.41, 5.74) is 0.397. The van der Waals surface area contributed by atoms with Crippen molar-refractivity contribution < 1.29 is 27.1 Å². The number of amides is 2. The number of rotatable bonds is 8. The molecule has 7 nitrogen and oxygen atoms in total. The van der Waals surface area contributed by atoms with Crippen molar-refractivity contribution in [3.05, 3.63) is 59.9 Å². The number of ether oxygens (including phenoxy) is 1. The number of nitrogens with one attached hydrogen (secondary N) is 2. The maximum atomic E-state index is 13.3. The maximum absolute atomic E-state index is 13.3. The van der Waals surface area contributed by atoms with Crippen molar-refractivity contribution >= 4 is 27.3 Å². The monoisotopic (exact) mass is 408 g/mol. The highest BCUT2D eigenvalue weighted by Crippen LogP contribution is 2.18. The first-order valence-electron chi connectivity index (χ1n) is 8.37. The number of benzene rings is 2. The van der Waals surface area contributed by atoms with Gasteiger partial charge >= 0.3 is 0 Å². The molecule has 150 valence electrons. The van der Waals surface area contributed by atoms with Crippen LogP contribution in [0.15, 0.2) is 48.5 Å². The average molecular weight is 408 g/mol. The lowest BCUT2D eigenvalue weighted by atomic mass is 10.1. The number of carbonyl (C=O) groups is 2. The Balaban J connectivity index is 2.20. The van der Waals surface area contributed by atoms with Crippen LogP contribution in [0.3, 0.4) is 0 Å². The van der Waals surface area contributed by atoms with Crippen molar-refractivity contribution in [3.63, 3.8) is 0 Å². The molecule has 0 fully saturated rings. The molecule has 0 bridgehead atoms. The van der Waals surface area contributed by atoms with Gasteiger partial charge in [-0.3, -0.25) is 9.59 Å². The van der Waals surface area contributed by atoms with Crippen LogP contribution in [-0.4, -0.2) is 45.4 Å². The Morgan fingerprint density at radius 2 is 1.86 bits per heavy atom. The van der Waals surface area contributed by atoms with Gasteiger partial charge in [-0.05, 0) is 36.8 Å². The molecule has 0 aliphatic carbocycles. The Morgan fingerprint density at radius 3 is 2.50 bits per heavy atom. The minimum Gasteiger partial charge on any atom is -0.496 e. The zero-order valence-corrected chi connectivity index (χ0v) is 16.3. The summed E-state index contributed by atoms with van der Waals surface area (Å²) in [6, 6.07) is 10.5. The fraction of sp³-hybridized carbons (Fsp3) is 0.263. The molecule has 9 heteroatoms. The fourth-order valence-corrected chi connectivity index (χ4v) is 3.13. The Bertz CT molecular complexity index is 962. The van der Waals surface area contributed by atoms with E-state index in [0.29, 0.717) is 5.75 Å². The van der Waals surface area contributed by atoms with Crippen molar-refractivity contribution in [1.29, 1.82) is 0 Å². The average Bonchev–Trinajstić information content (AvgIpc) is 2.64. The van der Waals surface area contributed by atoms with Crippen LogP contribution < -0.4 is 15.4 Å². The van der Waals surface area contributed by atoms with Crippen LogP contribution >= 0.6 is 0 Å². The molecule has 0 radical (unpaired) electrons. The van der Waals surface area contributed by atoms with Crippen LogP contribution in [0.1, 0.15) is 16.8 Å². The van der Waals surface area contributed by atoms with Gasteiger partial charge in [0.05, 0.1) is 18.4 Å². The lowest BCUT2D eigenvalue weighted by Gasteiger charge is -2.19. The first kappa shape index (κ1) is 21.4. The van der Waals surface area contributed by atoms with Gasteiger partial charge in [-0.25, -0.2) is 12.8 Å². The zero-order chi connectivity index (χ0) is 20.7. The molecule has 0 aliphatic heterocycles. The van der Waals surface area contributed by atoms with Crippen molar-refractivity contribution in [3.8, 4) is 5.75 Å². The number of hydrogen-bond donors (Lipinski definition) is 2. The maximum Gasteiger partial charge on any atom is 0.255 e.